The van der Waals surface area contributed by atoms with Crippen LogP contribution in [-0.4, -0.2) is 29.9 Å². The van der Waals surface area contributed by atoms with Crippen molar-refractivity contribution in [3.05, 3.63) is 52.7 Å². The smallest absolute Gasteiger partial charge is 0.326 e. The maximum Gasteiger partial charge on any atom is 0.326 e. The molecule has 0 spiro atoms. The SMILES string of the molecule is CCOC(=O)[C@]1(C)N[C@H](c2cccs2)[C@H]2C(=O)N(c3ccccc3)C(=O)[C@@H]21. The lowest BCUT2D eigenvalue weighted by Gasteiger charge is -2.28. The number of imide groups is 1. The summed E-state index contributed by atoms with van der Waals surface area (Å²) >= 11 is 1.50. The number of ether oxygens (including phenoxy) is 1. The maximum atomic E-state index is 13.3. The number of thiophene rings is 1. The van der Waals surface area contributed by atoms with E-state index in [0.717, 1.165) is 4.88 Å². The highest BCUT2D eigenvalue weighted by Gasteiger charge is 2.67. The van der Waals surface area contributed by atoms with E-state index >= 15 is 0 Å². The number of hydrogen-bond donors (Lipinski definition) is 1. The van der Waals surface area contributed by atoms with Gasteiger partial charge in [-0.3, -0.25) is 19.7 Å². The summed E-state index contributed by atoms with van der Waals surface area (Å²) in [6.45, 7) is 3.60. The van der Waals surface area contributed by atoms with Crippen LogP contribution in [0.3, 0.4) is 0 Å². The van der Waals surface area contributed by atoms with Gasteiger partial charge in [-0.05, 0) is 37.4 Å². The highest BCUT2D eigenvalue weighted by Crippen LogP contribution is 2.50. The van der Waals surface area contributed by atoms with Crippen molar-refractivity contribution in [2.45, 2.75) is 25.4 Å². The van der Waals surface area contributed by atoms with E-state index in [1.54, 1.807) is 38.1 Å². The molecule has 2 aliphatic rings. The Kier molecular flexibility index (Phi) is 4.36. The Morgan fingerprint density at radius 1 is 1.19 bits per heavy atom. The normalized spacial score (nSPS) is 29.9. The lowest BCUT2D eigenvalue weighted by atomic mass is 9.81. The molecule has 0 aliphatic carbocycles. The molecule has 0 bridgehead atoms. The summed E-state index contributed by atoms with van der Waals surface area (Å²) in [6, 6.07) is 12.3. The number of esters is 1. The van der Waals surface area contributed by atoms with E-state index in [0.29, 0.717) is 5.69 Å². The van der Waals surface area contributed by atoms with E-state index in [4.69, 9.17) is 4.74 Å². The van der Waals surface area contributed by atoms with Crippen LogP contribution in [0.4, 0.5) is 5.69 Å². The quantitative estimate of drug-likeness (QED) is 0.648. The van der Waals surface area contributed by atoms with Crippen molar-refractivity contribution in [2.75, 3.05) is 11.5 Å². The minimum absolute atomic E-state index is 0.210. The number of rotatable bonds is 4. The molecule has 2 saturated heterocycles. The largest absolute Gasteiger partial charge is 0.465 e. The highest BCUT2D eigenvalue weighted by molar-refractivity contribution is 7.10. The highest BCUT2D eigenvalue weighted by atomic mass is 32.1. The van der Waals surface area contributed by atoms with E-state index < -0.39 is 29.4 Å². The van der Waals surface area contributed by atoms with Crippen molar-refractivity contribution in [2.24, 2.45) is 11.8 Å². The van der Waals surface area contributed by atoms with Crippen LogP contribution in [0.1, 0.15) is 24.8 Å². The van der Waals surface area contributed by atoms with Crippen molar-refractivity contribution in [3.8, 4) is 0 Å². The maximum absolute atomic E-state index is 13.3. The Balaban J connectivity index is 1.81. The Hall–Kier alpha value is -2.51. The molecule has 7 heteroatoms. The molecule has 27 heavy (non-hydrogen) atoms. The van der Waals surface area contributed by atoms with E-state index in [9.17, 15) is 14.4 Å². The number of amides is 2. The van der Waals surface area contributed by atoms with Crippen LogP contribution in [0.2, 0.25) is 0 Å². The van der Waals surface area contributed by atoms with Gasteiger partial charge in [0.25, 0.3) is 0 Å². The lowest BCUT2D eigenvalue weighted by Crippen LogP contribution is -2.54. The number of carbonyl (C=O) groups excluding carboxylic acids is 3. The van der Waals surface area contributed by atoms with Crippen molar-refractivity contribution >= 4 is 34.8 Å². The van der Waals surface area contributed by atoms with E-state index in [1.807, 2.05) is 23.6 Å². The average molecular weight is 384 g/mol. The first-order valence-corrected chi connectivity index (χ1v) is 9.78. The molecule has 0 radical (unpaired) electrons. The molecule has 4 atom stereocenters. The minimum atomic E-state index is -1.26. The van der Waals surface area contributed by atoms with Crippen LogP contribution in [0.25, 0.3) is 0 Å². The lowest BCUT2D eigenvalue weighted by molar-refractivity contribution is -0.153. The predicted octanol–water partition coefficient (Wildman–Crippen LogP) is 2.52. The summed E-state index contributed by atoms with van der Waals surface area (Å²) < 4.78 is 5.25. The van der Waals surface area contributed by atoms with Gasteiger partial charge in [0.05, 0.1) is 30.2 Å². The standard InChI is InChI=1S/C20H20N2O4S/c1-3-26-19(25)20(2)15-14(16(21-20)13-10-7-11-27-13)17(23)22(18(15)24)12-8-5-4-6-9-12/h4-11,14-16,21H,3H2,1-2H3/t14-,15+,16+,20+/m0/s1. The van der Waals surface area contributed by atoms with Crippen LogP contribution in [-0.2, 0) is 19.1 Å². The van der Waals surface area contributed by atoms with Gasteiger partial charge in [-0.15, -0.1) is 11.3 Å². The zero-order valence-corrected chi connectivity index (χ0v) is 15.9. The van der Waals surface area contributed by atoms with Gasteiger partial charge in [0.1, 0.15) is 5.54 Å². The second kappa shape index (κ2) is 6.58. The van der Waals surface area contributed by atoms with Gasteiger partial charge < -0.3 is 4.74 Å². The van der Waals surface area contributed by atoms with Crippen LogP contribution in [0, 0.1) is 11.8 Å². The van der Waals surface area contributed by atoms with E-state index in [2.05, 4.69) is 5.32 Å². The summed E-state index contributed by atoms with van der Waals surface area (Å²) in [6.07, 6.45) is 0. The predicted molar refractivity (Wildman–Crippen MR) is 101 cm³/mol. The Bertz CT molecular complexity index is 883. The summed E-state index contributed by atoms with van der Waals surface area (Å²) in [7, 11) is 0. The minimum Gasteiger partial charge on any atom is -0.465 e. The molecule has 1 N–H and O–H groups in total. The van der Waals surface area contributed by atoms with Gasteiger partial charge in [0.2, 0.25) is 11.8 Å². The van der Waals surface area contributed by atoms with Crippen molar-refractivity contribution in [3.63, 3.8) is 0 Å². The number of fused-ring (bicyclic) bond motifs is 1. The second-order valence-corrected chi connectivity index (χ2v) is 7.89. The van der Waals surface area contributed by atoms with E-state index in [1.165, 1.54) is 16.2 Å². The number of anilines is 1. The van der Waals surface area contributed by atoms with Gasteiger partial charge in [-0.1, -0.05) is 24.3 Å². The topological polar surface area (TPSA) is 75.7 Å². The molecule has 3 heterocycles. The zero-order valence-electron chi connectivity index (χ0n) is 15.0. The zero-order chi connectivity index (χ0) is 19.2. The summed E-state index contributed by atoms with van der Waals surface area (Å²) in [5, 5.41) is 5.18. The molecule has 140 valence electrons. The molecule has 2 aliphatic heterocycles. The van der Waals surface area contributed by atoms with Crippen molar-refractivity contribution in [1.29, 1.82) is 0 Å². The number of benzene rings is 1. The number of hydrogen-bond acceptors (Lipinski definition) is 6. The fourth-order valence-corrected chi connectivity index (χ4v) is 4.97. The molecule has 0 unspecified atom stereocenters. The fourth-order valence-electron chi connectivity index (χ4n) is 4.15. The molecule has 6 nitrogen and oxygen atoms in total. The fraction of sp³-hybridized carbons (Fsp3) is 0.350. The summed E-state index contributed by atoms with van der Waals surface area (Å²) in [5.41, 5.74) is -0.732. The van der Waals surface area contributed by atoms with Gasteiger partial charge in [-0.25, -0.2) is 4.90 Å². The Morgan fingerprint density at radius 3 is 2.56 bits per heavy atom. The average Bonchev–Trinajstić information content (AvgIpc) is 3.34. The number of nitrogens with zero attached hydrogens (tertiary/aromatic N) is 1. The first-order chi connectivity index (χ1) is 13.0. The molecule has 2 amide bonds. The monoisotopic (exact) mass is 384 g/mol. The second-order valence-electron chi connectivity index (χ2n) is 6.91. The van der Waals surface area contributed by atoms with Gasteiger partial charge in [0.15, 0.2) is 0 Å². The molecule has 4 rings (SSSR count). The molecular formula is C20H20N2O4S. The Morgan fingerprint density at radius 2 is 1.93 bits per heavy atom. The van der Waals surface area contributed by atoms with Gasteiger partial charge in [0, 0.05) is 4.88 Å². The third-order valence-corrected chi connectivity index (χ3v) is 6.31. The number of carbonyl (C=O) groups is 3. The Labute approximate surface area is 161 Å². The van der Waals surface area contributed by atoms with Crippen molar-refractivity contribution in [1.82, 2.24) is 5.32 Å². The number of nitrogens with one attached hydrogen (secondary N) is 1. The van der Waals surface area contributed by atoms with Gasteiger partial charge >= 0.3 is 5.97 Å². The molecule has 1 aromatic carbocycles. The third kappa shape index (κ3) is 2.61. The number of para-hydroxylation sites is 1. The van der Waals surface area contributed by atoms with Gasteiger partial charge in [-0.2, -0.15) is 0 Å². The first kappa shape index (κ1) is 17.9. The molecule has 2 fully saturated rings. The third-order valence-electron chi connectivity index (χ3n) is 5.35. The molecule has 0 saturated carbocycles. The summed E-state index contributed by atoms with van der Waals surface area (Å²) in [5.74, 6) is -2.61. The van der Waals surface area contributed by atoms with Crippen LogP contribution < -0.4 is 10.2 Å². The first-order valence-electron chi connectivity index (χ1n) is 8.90. The molecular weight excluding hydrogens is 364 g/mol. The molecule has 1 aromatic heterocycles. The van der Waals surface area contributed by atoms with E-state index in [-0.39, 0.29) is 18.4 Å². The van der Waals surface area contributed by atoms with Crippen LogP contribution in [0.5, 0.6) is 0 Å². The van der Waals surface area contributed by atoms with Crippen LogP contribution >= 0.6 is 11.3 Å². The summed E-state index contributed by atoms with van der Waals surface area (Å²) in [4.78, 5) is 41.5. The molecule has 2 aromatic rings. The van der Waals surface area contributed by atoms with Crippen LogP contribution in [0.15, 0.2) is 47.8 Å². The van der Waals surface area contributed by atoms with Crippen molar-refractivity contribution < 1.29 is 19.1 Å².